The van der Waals surface area contributed by atoms with Gasteiger partial charge in [0.05, 0.1) is 26.4 Å². The third-order valence-electron chi connectivity index (χ3n) is 5.25. The molecular formula is C27H30N2O8. The quantitative estimate of drug-likeness (QED) is 0.190. The van der Waals surface area contributed by atoms with E-state index in [1.807, 2.05) is 0 Å². The highest BCUT2D eigenvalue weighted by Gasteiger charge is 2.43. The van der Waals surface area contributed by atoms with Gasteiger partial charge in [0.2, 0.25) is 5.88 Å². The van der Waals surface area contributed by atoms with Gasteiger partial charge in [0, 0.05) is 24.6 Å². The summed E-state index contributed by atoms with van der Waals surface area (Å²) < 4.78 is 22.0. The molecule has 0 bridgehead atoms. The standard InChI is InChI=1S/C27H30N2O8/c1-3-5-12-34-21-15-18(4-2)28-20(16-21)11-10-19-8-6-9-23(29-19)35-13-7-14-36-27-26(33)25(32)24(31)22(17-30)37-27/h2-3,6,8-9,15-16,22,24-27,30-33H,1,5,7,12-14,17H2/t22-,24-,25+,26+,27+/m1/s1. The lowest BCUT2D eigenvalue weighted by Gasteiger charge is -2.39. The fraction of sp³-hybridized carbons (Fsp3) is 0.407. The Hall–Kier alpha value is -3.48. The molecule has 1 saturated heterocycles. The van der Waals surface area contributed by atoms with E-state index in [-0.39, 0.29) is 13.2 Å². The van der Waals surface area contributed by atoms with Gasteiger partial charge in [-0.25, -0.2) is 9.97 Å². The van der Waals surface area contributed by atoms with Crippen molar-refractivity contribution in [2.24, 2.45) is 0 Å². The number of aliphatic hydroxyl groups is 4. The average Bonchev–Trinajstić information content (AvgIpc) is 2.92. The van der Waals surface area contributed by atoms with Crippen molar-refractivity contribution in [1.82, 2.24) is 9.97 Å². The summed E-state index contributed by atoms with van der Waals surface area (Å²) in [5.74, 6) is 9.30. The summed E-state index contributed by atoms with van der Waals surface area (Å²) in [6, 6.07) is 8.54. The summed E-state index contributed by atoms with van der Waals surface area (Å²) in [6.45, 7) is 4.00. The Kier molecular flexibility index (Phi) is 10.9. The maximum atomic E-state index is 9.99. The van der Waals surface area contributed by atoms with Crippen LogP contribution in [-0.4, -0.2) is 87.5 Å². The van der Waals surface area contributed by atoms with Gasteiger partial charge in [0.1, 0.15) is 47.2 Å². The molecule has 0 radical (unpaired) electrons. The molecule has 1 fully saturated rings. The first-order valence-corrected chi connectivity index (χ1v) is 11.7. The van der Waals surface area contributed by atoms with Gasteiger partial charge < -0.3 is 39.4 Å². The van der Waals surface area contributed by atoms with E-state index in [2.05, 4.69) is 34.3 Å². The van der Waals surface area contributed by atoms with E-state index in [4.69, 9.17) is 25.4 Å². The summed E-state index contributed by atoms with van der Waals surface area (Å²) in [5.41, 5.74) is 1.33. The Bertz CT molecular complexity index is 1140. The van der Waals surface area contributed by atoms with Crippen molar-refractivity contribution in [1.29, 1.82) is 0 Å². The molecule has 2 aromatic rings. The van der Waals surface area contributed by atoms with E-state index in [1.165, 1.54) is 0 Å². The Morgan fingerprint density at radius 3 is 2.51 bits per heavy atom. The normalized spacial score (nSPS) is 22.8. The minimum absolute atomic E-state index is 0.135. The average molecular weight is 511 g/mol. The summed E-state index contributed by atoms with van der Waals surface area (Å²) in [4.78, 5) is 8.65. The maximum Gasteiger partial charge on any atom is 0.214 e. The Morgan fingerprint density at radius 1 is 0.973 bits per heavy atom. The zero-order valence-corrected chi connectivity index (χ0v) is 20.2. The molecule has 3 rings (SSSR count). The van der Waals surface area contributed by atoms with Crippen molar-refractivity contribution in [2.75, 3.05) is 26.4 Å². The van der Waals surface area contributed by atoms with Gasteiger partial charge in [-0.3, -0.25) is 0 Å². The van der Waals surface area contributed by atoms with Crippen LogP contribution in [0.1, 0.15) is 29.9 Å². The summed E-state index contributed by atoms with van der Waals surface area (Å²) in [7, 11) is 0. The second kappa shape index (κ2) is 14.3. The molecule has 5 atom stereocenters. The fourth-order valence-corrected chi connectivity index (χ4v) is 3.32. The van der Waals surface area contributed by atoms with Crippen molar-refractivity contribution >= 4 is 0 Å². The van der Waals surface area contributed by atoms with Gasteiger partial charge in [0.25, 0.3) is 0 Å². The smallest absolute Gasteiger partial charge is 0.214 e. The molecule has 10 heteroatoms. The number of pyridine rings is 2. The number of aromatic nitrogens is 2. The Morgan fingerprint density at radius 2 is 1.76 bits per heavy atom. The number of rotatable bonds is 11. The molecule has 0 aromatic carbocycles. The van der Waals surface area contributed by atoms with Gasteiger partial charge in [-0.2, -0.15) is 0 Å². The maximum absolute atomic E-state index is 9.99. The topological polar surface area (TPSA) is 144 Å². The molecule has 37 heavy (non-hydrogen) atoms. The van der Waals surface area contributed by atoms with Gasteiger partial charge in [0.15, 0.2) is 6.29 Å². The number of aliphatic hydroxyl groups excluding tert-OH is 4. The van der Waals surface area contributed by atoms with Crippen LogP contribution in [0.4, 0.5) is 0 Å². The van der Waals surface area contributed by atoms with Crippen LogP contribution >= 0.6 is 0 Å². The van der Waals surface area contributed by atoms with Crippen LogP contribution in [0.3, 0.4) is 0 Å². The van der Waals surface area contributed by atoms with Crippen LogP contribution in [0, 0.1) is 24.2 Å². The lowest BCUT2D eigenvalue weighted by molar-refractivity contribution is -0.301. The Balaban J connectivity index is 1.51. The Labute approximate surface area is 215 Å². The third-order valence-corrected chi connectivity index (χ3v) is 5.25. The van der Waals surface area contributed by atoms with E-state index in [0.717, 1.165) is 0 Å². The van der Waals surface area contributed by atoms with Crippen molar-refractivity contribution in [3.63, 3.8) is 0 Å². The molecule has 0 saturated carbocycles. The van der Waals surface area contributed by atoms with Crippen LogP contribution < -0.4 is 9.47 Å². The molecule has 3 heterocycles. The zero-order valence-electron chi connectivity index (χ0n) is 20.2. The molecule has 10 nitrogen and oxygen atoms in total. The van der Waals surface area contributed by atoms with Gasteiger partial charge >= 0.3 is 0 Å². The van der Waals surface area contributed by atoms with E-state index >= 15 is 0 Å². The lowest BCUT2D eigenvalue weighted by Crippen LogP contribution is -2.59. The first-order valence-electron chi connectivity index (χ1n) is 11.7. The van der Waals surface area contributed by atoms with Crippen molar-refractivity contribution in [3.8, 4) is 35.8 Å². The number of ether oxygens (including phenoxy) is 4. The number of hydrogen-bond acceptors (Lipinski definition) is 10. The minimum atomic E-state index is -1.49. The molecule has 1 aliphatic heterocycles. The lowest BCUT2D eigenvalue weighted by atomic mass is 9.99. The van der Waals surface area contributed by atoms with Gasteiger partial charge in [-0.1, -0.05) is 18.1 Å². The SMILES string of the molecule is C#Cc1cc(OCCC=C)cc(C#Cc2cccc(OCCCO[C@H]3O[C@H](CO)[C@@H](O)[C@H](O)[C@@H]3O)n2)n1. The molecule has 4 N–H and O–H groups in total. The van der Waals surface area contributed by atoms with Crippen LogP contribution in [0.15, 0.2) is 43.0 Å². The van der Waals surface area contributed by atoms with E-state index < -0.39 is 37.3 Å². The first kappa shape index (κ1) is 28.1. The second-order valence-electron chi connectivity index (χ2n) is 8.02. The predicted molar refractivity (Wildman–Crippen MR) is 133 cm³/mol. The molecule has 0 aliphatic carbocycles. The monoisotopic (exact) mass is 510 g/mol. The summed E-state index contributed by atoms with van der Waals surface area (Å²) in [6.07, 6.45) is 1.81. The van der Waals surface area contributed by atoms with Gasteiger partial charge in [-0.15, -0.1) is 13.0 Å². The molecule has 0 spiro atoms. The van der Waals surface area contributed by atoms with Crippen LogP contribution in [0.2, 0.25) is 0 Å². The number of nitrogens with zero attached hydrogens (tertiary/aromatic N) is 2. The van der Waals surface area contributed by atoms with Crippen LogP contribution in [0.25, 0.3) is 0 Å². The molecule has 1 aliphatic rings. The second-order valence-corrected chi connectivity index (χ2v) is 8.02. The molecule has 2 aromatic heterocycles. The highest BCUT2D eigenvalue weighted by atomic mass is 16.7. The van der Waals surface area contributed by atoms with Crippen LogP contribution in [0.5, 0.6) is 11.6 Å². The molecule has 0 amide bonds. The highest BCUT2D eigenvalue weighted by Crippen LogP contribution is 2.22. The summed E-state index contributed by atoms with van der Waals surface area (Å²) >= 11 is 0. The molecule has 0 unspecified atom stereocenters. The van der Waals surface area contributed by atoms with E-state index in [0.29, 0.717) is 48.2 Å². The van der Waals surface area contributed by atoms with Gasteiger partial charge in [-0.05, 0) is 24.3 Å². The zero-order chi connectivity index (χ0) is 26.6. The van der Waals surface area contributed by atoms with Crippen molar-refractivity contribution < 1.29 is 39.4 Å². The number of terminal acetylenes is 1. The largest absolute Gasteiger partial charge is 0.493 e. The van der Waals surface area contributed by atoms with E-state index in [9.17, 15) is 20.4 Å². The number of hydrogen-bond donors (Lipinski definition) is 4. The van der Waals surface area contributed by atoms with Crippen molar-refractivity contribution in [2.45, 2.75) is 43.5 Å². The van der Waals surface area contributed by atoms with Crippen LogP contribution in [-0.2, 0) is 9.47 Å². The fourth-order valence-electron chi connectivity index (χ4n) is 3.32. The minimum Gasteiger partial charge on any atom is -0.493 e. The molecular weight excluding hydrogens is 480 g/mol. The highest BCUT2D eigenvalue weighted by molar-refractivity contribution is 5.43. The van der Waals surface area contributed by atoms with Crippen molar-refractivity contribution in [3.05, 3.63) is 60.1 Å². The molecule has 196 valence electrons. The van der Waals surface area contributed by atoms with E-state index in [1.54, 1.807) is 36.4 Å². The first-order chi connectivity index (χ1) is 17.9. The predicted octanol–water partition coefficient (Wildman–Crippen LogP) is 0.398. The third kappa shape index (κ3) is 8.27. The summed E-state index contributed by atoms with van der Waals surface area (Å²) in [5, 5.41) is 38.8.